The highest BCUT2D eigenvalue weighted by molar-refractivity contribution is 14.0. The number of benzene rings is 2. The van der Waals surface area contributed by atoms with Crippen LogP contribution in [0.5, 0.6) is 0 Å². The van der Waals surface area contributed by atoms with Crippen LogP contribution >= 0.6 is 24.0 Å². The molecule has 0 radical (unpaired) electrons. The third kappa shape index (κ3) is 10.5. The summed E-state index contributed by atoms with van der Waals surface area (Å²) in [6, 6.07) is 18.5. The standard InChI is InChI=1S/C25H36N4O2.HI/c1-4-26-25(27-17-16-24(30)29(5-2)6-3)28-18-21-12-14-23(15-13-21)20-31-19-22-10-8-7-9-11-22;/h7-15H,4-6,16-20H2,1-3H3,(H2,26,27,28);1H. The van der Waals surface area contributed by atoms with Gasteiger partial charge < -0.3 is 20.3 Å². The smallest absolute Gasteiger partial charge is 0.224 e. The number of carbonyl (C=O) groups excluding carboxylic acids is 1. The fourth-order valence-corrected chi connectivity index (χ4v) is 3.14. The number of aliphatic imine (C=N–C) groups is 1. The molecule has 32 heavy (non-hydrogen) atoms. The van der Waals surface area contributed by atoms with Gasteiger partial charge in [-0.15, -0.1) is 24.0 Å². The lowest BCUT2D eigenvalue weighted by Gasteiger charge is -2.19. The molecule has 0 saturated heterocycles. The van der Waals surface area contributed by atoms with E-state index >= 15 is 0 Å². The Morgan fingerprint density at radius 2 is 1.47 bits per heavy atom. The summed E-state index contributed by atoms with van der Waals surface area (Å²) in [6.45, 7) is 10.6. The van der Waals surface area contributed by atoms with Crippen molar-refractivity contribution in [2.24, 2.45) is 4.99 Å². The van der Waals surface area contributed by atoms with Crippen LogP contribution in [0.15, 0.2) is 59.6 Å². The molecule has 0 saturated carbocycles. The first kappa shape index (κ1) is 27.9. The Balaban J connectivity index is 0.00000512. The molecule has 176 valence electrons. The largest absolute Gasteiger partial charge is 0.372 e. The van der Waals surface area contributed by atoms with Crippen LogP contribution in [-0.4, -0.2) is 42.9 Å². The molecule has 0 aliphatic carbocycles. The minimum Gasteiger partial charge on any atom is -0.372 e. The van der Waals surface area contributed by atoms with Gasteiger partial charge in [-0.1, -0.05) is 54.6 Å². The maximum Gasteiger partial charge on any atom is 0.224 e. The Kier molecular flexibility index (Phi) is 14.4. The minimum atomic E-state index is 0. The van der Waals surface area contributed by atoms with Crippen LogP contribution in [-0.2, 0) is 29.3 Å². The normalized spacial score (nSPS) is 10.9. The van der Waals surface area contributed by atoms with Gasteiger partial charge in [-0.3, -0.25) is 4.79 Å². The van der Waals surface area contributed by atoms with Crippen molar-refractivity contribution in [3.05, 3.63) is 71.3 Å². The summed E-state index contributed by atoms with van der Waals surface area (Å²) >= 11 is 0. The zero-order chi connectivity index (χ0) is 22.3. The number of nitrogens with zero attached hydrogens (tertiary/aromatic N) is 2. The van der Waals surface area contributed by atoms with E-state index in [4.69, 9.17) is 4.74 Å². The Morgan fingerprint density at radius 1 is 0.875 bits per heavy atom. The van der Waals surface area contributed by atoms with Gasteiger partial charge in [0.2, 0.25) is 5.91 Å². The summed E-state index contributed by atoms with van der Waals surface area (Å²) < 4.78 is 5.79. The molecule has 2 N–H and O–H groups in total. The Hall–Kier alpha value is -2.13. The van der Waals surface area contributed by atoms with E-state index in [2.05, 4.69) is 52.0 Å². The second-order valence-electron chi connectivity index (χ2n) is 7.23. The van der Waals surface area contributed by atoms with Gasteiger partial charge in [-0.2, -0.15) is 0 Å². The number of halogens is 1. The molecular formula is C25H37IN4O2. The molecule has 0 unspecified atom stereocenters. The fraction of sp³-hybridized carbons (Fsp3) is 0.440. The number of hydrogen-bond donors (Lipinski definition) is 2. The van der Waals surface area contributed by atoms with Crippen molar-refractivity contribution in [2.75, 3.05) is 26.2 Å². The molecule has 7 heteroatoms. The predicted molar refractivity (Wildman–Crippen MR) is 142 cm³/mol. The molecule has 0 aliphatic rings. The molecule has 0 aliphatic heterocycles. The summed E-state index contributed by atoms with van der Waals surface area (Å²) in [7, 11) is 0. The van der Waals surface area contributed by atoms with Crippen LogP contribution in [0, 0.1) is 0 Å². The van der Waals surface area contributed by atoms with Crippen molar-refractivity contribution in [1.29, 1.82) is 0 Å². The molecule has 2 rings (SSSR count). The van der Waals surface area contributed by atoms with Crippen molar-refractivity contribution in [3.8, 4) is 0 Å². The molecule has 0 fully saturated rings. The van der Waals surface area contributed by atoms with Crippen molar-refractivity contribution in [3.63, 3.8) is 0 Å². The second kappa shape index (κ2) is 16.5. The fourth-order valence-electron chi connectivity index (χ4n) is 3.14. The van der Waals surface area contributed by atoms with Crippen molar-refractivity contribution in [2.45, 2.75) is 47.0 Å². The first-order chi connectivity index (χ1) is 15.2. The maximum absolute atomic E-state index is 12.1. The van der Waals surface area contributed by atoms with Gasteiger partial charge >= 0.3 is 0 Å². The summed E-state index contributed by atoms with van der Waals surface area (Å²) in [4.78, 5) is 18.6. The molecule has 0 atom stereocenters. The van der Waals surface area contributed by atoms with E-state index in [1.807, 2.05) is 43.9 Å². The van der Waals surface area contributed by atoms with Crippen LogP contribution in [0.1, 0.15) is 43.9 Å². The molecule has 0 bridgehead atoms. The predicted octanol–water partition coefficient (Wildman–Crippen LogP) is 4.34. The molecule has 0 heterocycles. The number of ether oxygens (including phenoxy) is 1. The number of rotatable bonds is 12. The summed E-state index contributed by atoms with van der Waals surface area (Å²) in [5, 5.41) is 6.48. The molecule has 2 aromatic carbocycles. The van der Waals surface area contributed by atoms with Gasteiger partial charge in [0.05, 0.1) is 19.8 Å². The van der Waals surface area contributed by atoms with Crippen molar-refractivity contribution in [1.82, 2.24) is 15.5 Å². The lowest BCUT2D eigenvalue weighted by molar-refractivity contribution is -0.130. The third-order valence-corrected chi connectivity index (χ3v) is 4.91. The lowest BCUT2D eigenvalue weighted by Crippen LogP contribution is -2.40. The van der Waals surface area contributed by atoms with E-state index in [1.165, 1.54) is 5.56 Å². The molecule has 0 aromatic heterocycles. The number of nitrogens with one attached hydrogen (secondary N) is 2. The summed E-state index contributed by atoms with van der Waals surface area (Å²) in [5.74, 6) is 0.892. The van der Waals surface area contributed by atoms with Crippen LogP contribution in [0.4, 0.5) is 0 Å². The van der Waals surface area contributed by atoms with E-state index in [-0.39, 0.29) is 29.9 Å². The van der Waals surface area contributed by atoms with Crippen LogP contribution < -0.4 is 10.6 Å². The quantitative estimate of drug-likeness (QED) is 0.234. The topological polar surface area (TPSA) is 66.0 Å². The number of hydrogen-bond acceptors (Lipinski definition) is 3. The summed E-state index contributed by atoms with van der Waals surface area (Å²) in [5.41, 5.74) is 3.45. The lowest BCUT2D eigenvalue weighted by atomic mass is 10.1. The van der Waals surface area contributed by atoms with Gasteiger partial charge in [0.25, 0.3) is 0 Å². The molecule has 0 spiro atoms. The molecule has 6 nitrogen and oxygen atoms in total. The zero-order valence-corrected chi connectivity index (χ0v) is 21.8. The highest BCUT2D eigenvalue weighted by atomic mass is 127. The van der Waals surface area contributed by atoms with Crippen LogP contribution in [0.25, 0.3) is 0 Å². The van der Waals surface area contributed by atoms with E-state index in [1.54, 1.807) is 0 Å². The number of amides is 1. The molecule has 2 aromatic rings. The number of carbonyl (C=O) groups is 1. The van der Waals surface area contributed by atoms with E-state index in [0.29, 0.717) is 32.7 Å². The maximum atomic E-state index is 12.1. The van der Waals surface area contributed by atoms with Crippen LogP contribution in [0.3, 0.4) is 0 Å². The van der Waals surface area contributed by atoms with E-state index in [0.717, 1.165) is 36.7 Å². The monoisotopic (exact) mass is 552 g/mol. The van der Waals surface area contributed by atoms with Gasteiger partial charge in [0.15, 0.2) is 5.96 Å². The van der Waals surface area contributed by atoms with Crippen molar-refractivity contribution >= 4 is 35.8 Å². The first-order valence-corrected chi connectivity index (χ1v) is 11.2. The Morgan fingerprint density at radius 3 is 2.06 bits per heavy atom. The average Bonchev–Trinajstić information content (AvgIpc) is 2.80. The van der Waals surface area contributed by atoms with Crippen molar-refractivity contribution < 1.29 is 9.53 Å². The minimum absolute atomic E-state index is 0. The first-order valence-electron chi connectivity index (χ1n) is 11.2. The zero-order valence-electron chi connectivity index (χ0n) is 19.5. The average molecular weight is 553 g/mol. The van der Waals surface area contributed by atoms with Gasteiger partial charge in [0, 0.05) is 32.6 Å². The van der Waals surface area contributed by atoms with Gasteiger partial charge in [-0.25, -0.2) is 4.99 Å². The van der Waals surface area contributed by atoms with Gasteiger partial charge in [-0.05, 0) is 37.5 Å². The Bertz CT molecular complexity index is 793. The molecular weight excluding hydrogens is 515 g/mol. The highest BCUT2D eigenvalue weighted by Gasteiger charge is 2.09. The second-order valence-corrected chi connectivity index (χ2v) is 7.23. The summed E-state index contributed by atoms with van der Waals surface area (Å²) in [6.07, 6.45) is 0.462. The highest BCUT2D eigenvalue weighted by Crippen LogP contribution is 2.09. The SMILES string of the molecule is CCNC(=NCc1ccc(COCc2ccccc2)cc1)NCCC(=O)N(CC)CC.I. The van der Waals surface area contributed by atoms with Gasteiger partial charge in [0.1, 0.15) is 0 Å². The van der Waals surface area contributed by atoms with E-state index in [9.17, 15) is 4.79 Å². The third-order valence-electron chi connectivity index (χ3n) is 4.91. The number of guanidine groups is 1. The van der Waals surface area contributed by atoms with Crippen LogP contribution in [0.2, 0.25) is 0 Å². The van der Waals surface area contributed by atoms with E-state index < -0.39 is 0 Å². The molecule has 1 amide bonds. The Labute approximate surface area is 209 Å².